The number of fused-ring (bicyclic) bond motifs is 1. The van der Waals surface area contributed by atoms with Gasteiger partial charge in [0.15, 0.2) is 4.67 Å². The summed E-state index contributed by atoms with van der Waals surface area (Å²) < 4.78 is 32.3. The summed E-state index contributed by atoms with van der Waals surface area (Å²) >= 11 is 1.41. The van der Waals surface area contributed by atoms with Crippen LogP contribution in [0, 0.1) is 6.92 Å². The van der Waals surface area contributed by atoms with Gasteiger partial charge in [-0.1, -0.05) is 35.9 Å². The van der Waals surface area contributed by atoms with Crippen LogP contribution in [0.15, 0.2) is 63.9 Å². The molecule has 4 rings (SSSR count). The number of rotatable bonds is 3. The smallest absolute Gasteiger partial charge is 0.268 e. The topological polar surface area (TPSA) is 51.4 Å². The molecule has 0 amide bonds. The van der Waals surface area contributed by atoms with E-state index < -0.39 is 10.0 Å². The Morgan fingerprint density at radius 2 is 1.72 bits per heavy atom. The number of sulfonamides is 1. The molecule has 0 atom stereocenters. The molecule has 0 N–H and O–H groups in total. The van der Waals surface area contributed by atoms with Gasteiger partial charge in [-0.2, -0.15) is 8.42 Å². The maximum absolute atomic E-state index is 12.7. The van der Waals surface area contributed by atoms with E-state index in [-0.39, 0.29) is 4.90 Å². The first-order valence-corrected chi connectivity index (χ1v) is 10.4. The van der Waals surface area contributed by atoms with Crippen LogP contribution in [-0.4, -0.2) is 12.4 Å². The summed E-state index contributed by atoms with van der Waals surface area (Å²) in [6, 6.07) is 16.9. The Hall–Kier alpha value is -2.18. The van der Waals surface area contributed by atoms with Crippen LogP contribution in [0.25, 0.3) is 5.69 Å². The minimum Gasteiger partial charge on any atom is -0.268 e. The van der Waals surface area contributed by atoms with Gasteiger partial charge in [0, 0.05) is 11.3 Å². The molecule has 3 aromatic rings. The number of nitrogens with zero attached hydrogens (tertiary/aromatic N) is 2. The summed E-state index contributed by atoms with van der Waals surface area (Å²) in [5.74, 6) is 0. The Morgan fingerprint density at radius 1 is 1.00 bits per heavy atom. The highest BCUT2D eigenvalue weighted by atomic mass is 32.2. The van der Waals surface area contributed by atoms with Crippen molar-refractivity contribution in [2.75, 3.05) is 0 Å². The highest BCUT2D eigenvalue weighted by Gasteiger charge is 2.22. The molecule has 1 aromatic heterocycles. The number of aryl methyl sites for hydroxylation is 1. The lowest BCUT2D eigenvalue weighted by Crippen LogP contribution is -2.07. The quantitative estimate of drug-likeness (QED) is 0.707. The highest BCUT2D eigenvalue weighted by molar-refractivity contribution is 7.90. The first-order chi connectivity index (χ1) is 12.0. The first kappa shape index (κ1) is 16.3. The van der Waals surface area contributed by atoms with Gasteiger partial charge < -0.3 is 0 Å². The molecule has 0 saturated carbocycles. The largest absolute Gasteiger partial charge is 0.283 e. The SMILES string of the molecule is Cc1ccc(S(=O)(=O)N=c2sn(-c3ccccc3)c3c2CCC3)cc1. The Morgan fingerprint density at radius 3 is 2.44 bits per heavy atom. The van der Waals surface area contributed by atoms with Crippen molar-refractivity contribution in [2.24, 2.45) is 4.40 Å². The minimum atomic E-state index is -3.70. The summed E-state index contributed by atoms with van der Waals surface area (Å²) in [6.07, 6.45) is 2.88. The lowest BCUT2D eigenvalue weighted by molar-refractivity contribution is 0.597. The van der Waals surface area contributed by atoms with E-state index >= 15 is 0 Å². The van der Waals surface area contributed by atoms with E-state index in [0.717, 1.165) is 36.1 Å². The fraction of sp³-hybridized carbons (Fsp3) is 0.211. The molecule has 1 aliphatic rings. The third-order valence-corrected chi connectivity index (χ3v) is 6.91. The monoisotopic (exact) mass is 370 g/mol. The predicted octanol–water partition coefficient (Wildman–Crippen LogP) is 3.63. The van der Waals surface area contributed by atoms with Crippen molar-refractivity contribution in [1.29, 1.82) is 0 Å². The molecular formula is C19H18N2O2S2. The summed E-state index contributed by atoms with van der Waals surface area (Å²) in [6.45, 7) is 1.93. The van der Waals surface area contributed by atoms with E-state index in [1.54, 1.807) is 24.3 Å². The molecule has 6 heteroatoms. The molecule has 0 unspecified atom stereocenters. The zero-order valence-corrected chi connectivity index (χ0v) is 15.5. The Labute approximate surface area is 151 Å². The summed E-state index contributed by atoms with van der Waals surface area (Å²) in [5.41, 5.74) is 4.34. The first-order valence-electron chi connectivity index (χ1n) is 8.22. The third kappa shape index (κ3) is 3.07. The van der Waals surface area contributed by atoms with Crippen LogP contribution in [0.2, 0.25) is 0 Å². The third-order valence-electron chi connectivity index (χ3n) is 4.38. The second-order valence-corrected chi connectivity index (χ2v) is 8.72. The van der Waals surface area contributed by atoms with Crippen LogP contribution >= 0.6 is 11.5 Å². The Balaban J connectivity index is 1.86. The number of hydrogen-bond donors (Lipinski definition) is 0. The molecule has 0 radical (unpaired) electrons. The van der Waals surface area contributed by atoms with Crippen LogP contribution < -0.4 is 4.67 Å². The van der Waals surface area contributed by atoms with Gasteiger partial charge in [-0.25, -0.2) is 0 Å². The molecule has 0 saturated heterocycles. The van der Waals surface area contributed by atoms with Crippen molar-refractivity contribution in [3.63, 3.8) is 0 Å². The van der Waals surface area contributed by atoms with Crippen LogP contribution in [0.3, 0.4) is 0 Å². The van der Waals surface area contributed by atoms with Crippen LogP contribution in [0.1, 0.15) is 23.2 Å². The van der Waals surface area contributed by atoms with E-state index in [2.05, 4.69) is 8.35 Å². The van der Waals surface area contributed by atoms with E-state index in [1.807, 2.05) is 37.3 Å². The van der Waals surface area contributed by atoms with Gasteiger partial charge in [-0.15, -0.1) is 4.40 Å². The number of para-hydroxylation sites is 1. The molecule has 1 aliphatic carbocycles. The summed E-state index contributed by atoms with van der Waals surface area (Å²) in [7, 11) is -3.70. The fourth-order valence-corrected chi connectivity index (χ4v) is 5.48. The summed E-state index contributed by atoms with van der Waals surface area (Å²) in [4.78, 5) is 0.240. The van der Waals surface area contributed by atoms with Gasteiger partial charge in [0.1, 0.15) is 0 Å². The van der Waals surface area contributed by atoms with Gasteiger partial charge in [0.05, 0.1) is 10.6 Å². The van der Waals surface area contributed by atoms with Crippen molar-refractivity contribution in [2.45, 2.75) is 31.1 Å². The van der Waals surface area contributed by atoms with E-state index in [1.165, 1.54) is 17.2 Å². The number of hydrogen-bond acceptors (Lipinski definition) is 3. The van der Waals surface area contributed by atoms with Crippen molar-refractivity contribution >= 4 is 21.6 Å². The van der Waals surface area contributed by atoms with E-state index in [0.29, 0.717) is 4.67 Å². The Bertz CT molecular complexity index is 1080. The van der Waals surface area contributed by atoms with Crippen LogP contribution in [0.4, 0.5) is 0 Å². The maximum atomic E-state index is 12.7. The molecule has 128 valence electrons. The average molecular weight is 370 g/mol. The molecule has 0 spiro atoms. The van der Waals surface area contributed by atoms with Crippen molar-refractivity contribution < 1.29 is 8.42 Å². The second-order valence-electron chi connectivity index (χ2n) is 6.18. The van der Waals surface area contributed by atoms with Gasteiger partial charge in [0.2, 0.25) is 0 Å². The average Bonchev–Trinajstić information content (AvgIpc) is 3.20. The number of benzene rings is 2. The van der Waals surface area contributed by atoms with Gasteiger partial charge in [-0.3, -0.25) is 3.96 Å². The molecule has 25 heavy (non-hydrogen) atoms. The van der Waals surface area contributed by atoms with E-state index in [9.17, 15) is 8.42 Å². The zero-order valence-electron chi connectivity index (χ0n) is 13.8. The standard InChI is InChI=1S/C19H18N2O2S2/c1-14-10-12-16(13-11-14)25(22,23)20-19-17-8-5-9-18(17)21(24-19)15-6-3-2-4-7-15/h2-4,6-7,10-13H,5,8-9H2,1H3. The van der Waals surface area contributed by atoms with Crippen molar-refractivity contribution in [3.05, 3.63) is 76.1 Å². The lowest BCUT2D eigenvalue weighted by atomic mass is 10.2. The van der Waals surface area contributed by atoms with Gasteiger partial charge >= 0.3 is 0 Å². The second kappa shape index (κ2) is 6.28. The predicted molar refractivity (Wildman–Crippen MR) is 99.6 cm³/mol. The van der Waals surface area contributed by atoms with Crippen molar-refractivity contribution in [3.8, 4) is 5.69 Å². The number of aromatic nitrogens is 1. The van der Waals surface area contributed by atoms with Gasteiger partial charge in [-0.05, 0) is 62.0 Å². The Kier molecular flexibility index (Phi) is 4.09. The molecule has 0 fully saturated rings. The van der Waals surface area contributed by atoms with E-state index in [4.69, 9.17) is 0 Å². The molecule has 4 nitrogen and oxygen atoms in total. The lowest BCUT2D eigenvalue weighted by Gasteiger charge is -2.04. The zero-order chi connectivity index (χ0) is 17.4. The van der Waals surface area contributed by atoms with Crippen LogP contribution in [0.5, 0.6) is 0 Å². The van der Waals surface area contributed by atoms with Gasteiger partial charge in [0.25, 0.3) is 10.0 Å². The molecule has 0 bridgehead atoms. The van der Waals surface area contributed by atoms with Crippen molar-refractivity contribution in [1.82, 2.24) is 3.96 Å². The normalized spacial score (nSPS) is 14.7. The molecule has 0 aliphatic heterocycles. The molecule has 1 heterocycles. The molecule has 2 aromatic carbocycles. The minimum absolute atomic E-state index is 0.240. The highest BCUT2D eigenvalue weighted by Crippen LogP contribution is 2.26. The maximum Gasteiger partial charge on any atom is 0.283 e. The van der Waals surface area contributed by atoms with Crippen LogP contribution in [-0.2, 0) is 22.9 Å². The fourth-order valence-electron chi connectivity index (χ4n) is 3.09. The summed E-state index contributed by atoms with van der Waals surface area (Å²) in [5, 5.41) is 0. The molecular weight excluding hydrogens is 352 g/mol.